The van der Waals surface area contributed by atoms with Crippen LogP contribution in [-0.4, -0.2) is 0 Å². The number of unbranched alkanes of at least 4 members (excludes halogenated alkanes) is 1. The molecule has 0 amide bonds. The maximum Gasteiger partial charge on any atom is 0.0294 e. The van der Waals surface area contributed by atoms with Gasteiger partial charge in [0.1, 0.15) is 0 Å². The minimum atomic E-state index is 0.182. The summed E-state index contributed by atoms with van der Waals surface area (Å²) in [5.74, 6) is 0. The molecule has 2 rings (SSSR count). The molecule has 2 aromatic carbocycles. The van der Waals surface area contributed by atoms with E-state index in [-0.39, 0.29) is 6.04 Å². The Balaban J connectivity index is 1.70. The average Bonchev–Trinajstić information content (AvgIpc) is 2.45. The first-order valence-electron chi connectivity index (χ1n) is 6.71. The summed E-state index contributed by atoms with van der Waals surface area (Å²) >= 11 is 0. The predicted molar refractivity (Wildman–Crippen MR) is 77.4 cm³/mol. The van der Waals surface area contributed by atoms with Crippen molar-refractivity contribution in [3.63, 3.8) is 0 Å². The van der Waals surface area contributed by atoms with E-state index in [0.717, 1.165) is 12.8 Å². The van der Waals surface area contributed by atoms with Crippen LogP contribution in [0.1, 0.15) is 36.4 Å². The van der Waals surface area contributed by atoms with Crippen LogP contribution in [0, 0.1) is 0 Å². The number of hydrogen-bond acceptors (Lipinski definition) is 1. The van der Waals surface area contributed by atoms with Crippen LogP contribution in [0.4, 0.5) is 0 Å². The highest BCUT2D eigenvalue weighted by Gasteiger charge is 2.04. The lowest BCUT2D eigenvalue weighted by Crippen LogP contribution is -2.09. The summed E-state index contributed by atoms with van der Waals surface area (Å²) in [6.45, 7) is 0. The van der Waals surface area contributed by atoms with Gasteiger partial charge in [0.25, 0.3) is 0 Å². The second kappa shape index (κ2) is 6.97. The van der Waals surface area contributed by atoms with Crippen molar-refractivity contribution in [2.24, 2.45) is 5.73 Å². The van der Waals surface area contributed by atoms with Crippen LogP contribution < -0.4 is 5.73 Å². The highest BCUT2D eigenvalue weighted by molar-refractivity contribution is 5.18. The molecule has 0 bridgehead atoms. The van der Waals surface area contributed by atoms with Gasteiger partial charge in [-0.3, -0.25) is 0 Å². The SMILES string of the molecule is N[C@@H](CCCCc1ccccc1)c1ccccc1. The van der Waals surface area contributed by atoms with Crippen molar-refractivity contribution in [3.05, 3.63) is 71.8 Å². The number of rotatable bonds is 6. The summed E-state index contributed by atoms with van der Waals surface area (Å²) in [7, 11) is 0. The molecule has 0 fully saturated rings. The highest BCUT2D eigenvalue weighted by atomic mass is 14.6. The van der Waals surface area contributed by atoms with Crippen molar-refractivity contribution in [2.45, 2.75) is 31.7 Å². The van der Waals surface area contributed by atoms with E-state index in [1.54, 1.807) is 0 Å². The first kappa shape index (κ1) is 12.8. The average molecular weight is 239 g/mol. The highest BCUT2D eigenvalue weighted by Crippen LogP contribution is 2.17. The maximum absolute atomic E-state index is 6.17. The van der Waals surface area contributed by atoms with E-state index in [0.29, 0.717) is 0 Å². The number of benzene rings is 2. The van der Waals surface area contributed by atoms with Crippen LogP contribution >= 0.6 is 0 Å². The van der Waals surface area contributed by atoms with Crippen LogP contribution in [0.2, 0.25) is 0 Å². The summed E-state index contributed by atoms with van der Waals surface area (Å²) in [5, 5.41) is 0. The van der Waals surface area contributed by atoms with Crippen LogP contribution in [0.25, 0.3) is 0 Å². The molecule has 0 unspecified atom stereocenters. The van der Waals surface area contributed by atoms with Crippen molar-refractivity contribution in [1.29, 1.82) is 0 Å². The Morgan fingerprint density at radius 1 is 0.778 bits per heavy atom. The molecule has 2 N–H and O–H groups in total. The van der Waals surface area contributed by atoms with E-state index < -0.39 is 0 Å². The molecule has 0 saturated carbocycles. The van der Waals surface area contributed by atoms with Crippen molar-refractivity contribution in [2.75, 3.05) is 0 Å². The second-order valence-electron chi connectivity index (χ2n) is 4.75. The topological polar surface area (TPSA) is 26.0 Å². The monoisotopic (exact) mass is 239 g/mol. The molecule has 1 heteroatoms. The summed E-state index contributed by atoms with van der Waals surface area (Å²) in [4.78, 5) is 0. The molecule has 0 aliphatic heterocycles. The first-order chi connectivity index (χ1) is 8.86. The zero-order chi connectivity index (χ0) is 12.6. The summed E-state index contributed by atoms with van der Waals surface area (Å²) in [5.41, 5.74) is 8.84. The Hall–Kier alpha value is -1.60. The number of aryl methyl sites for hydroxylation is 1. The van der Waals surface area contributed by atoms with Gasteiger partial charge in [0.15, 0.2) is 0 Å². The third-order valence-corrected chi connectivity index (χ3v) is 3.30. The van der Waals surface area contributed by atoms with E-state index in [4.69, 9.17) is 5.73 Å². The summed E-state index contributed by atoms with van der Waals surface area (Å²) in [6, 6.07) is 21.2. The lowest BCUT2D eigenvalue weighted by Gasteiger charge is -2.11. The van der Waals surface area contributed by atoms with Crippen LogP contribution in [0.3, 0.4) is 0 Å². The Bertz CT molecular complexity index is 436. The van der Waals surface area contributed by atoms with Gasteiger partial charge in [-0.05, 0) is 30.4 Å². The molecule has 0 aliphatic carbocycles. The molecule has 1 nitrogen and oxygen atoms in total. The smallest absolute Gasteiger partial charge is 0.0294 e. The zero-order valence-electron chi connectivity index (χ0n) is 10.8. The Morgan fingerprint density at radius 3 is 2.06 bits per heavy atom. The summed E-state index contributed by atoms with van der Waals surface area (Å²) < 4.78 is 0. The molecule has 0 saturated heterocycles. The van der Waals surface area contributed by atoms with Crippen LogP contribution in [0.15, 0.2) is 60.7 Å². The second-order valence-corrected chi connectivity index (χ2v) is 4.75. The van der Waals surface area contributed by atoms with E-state index in [2.05, 4.69) is 54.6 Å². The lowest BCUT2D eigenvalue weighted by atomic mass is 10.00. The minimum absolute atomic E-state index is 0.182. The lowest BCUT2D eigenvalue weighted by molar-refractivity contribution is 0.586. The minimum Gasteiger partial charge on any atom is -0.324 e. The molecule has 1 atom stereocenters. The first-order valence-corrected chi connectivity index (χ1v) is 6.71. The van der Waals surface area contributed by atoms with Gasteiger partial charge in [0.05, 0.1) is 0 Å². The van der Waals surface area contributed by atoms with Gasteiger partial charge in [0, 0.05) is 6.04 Å². The molecule has 0 aliphatic rings. The van der Waals surface area contributed by atoms with Gasteiger partial charge in [0.2, 0.25) is 0 Å². The third kappa shape index (κ3) is 4.01. The molecule has 0 spiro atoms. The van der Waals surface area contributed by atoms with Gasteiger partial charge in [-0.25, -0.2) is 0 Å². The number of hydrogen-bond donors (Lipinski definition) is 1. The fourth-order valence-electron chi connectivity index (χ4n) is 2.20. The molecule has 0 aromatic heterocycles. The molecular formula is C17H21N. The van der Waals surface area contributed by atoms with E-state index in [1.807, 2.05) is 6.07 Å². The van der Waals surface area contributed by atoms with Crippen LogP contribution in [-0.2, 0) is 6.42 Å². The van der Waals surface area contributed by atoms with Crippen molar-refractivity contribution in [3.8, 4) is 0 Å². The fraction of sp³-hybridized carbons (Fsp3) is 0.294. The Morgan fingerprint density at radius 2 is 1.39 bits per heavy atom. The third-order valence-electron chi connectivity index (χ3n) is 3.30. The molecule has 94 valence electrons. The van der Waals surface area contributed by atoms with Crippen molar-refractivity contribution >= 4 is 0 Å². The fourth-order valence-corrected chi connectivity index (χ4v) is 2.20. The van der Waals surface area contributed by atoms with E-state index >= 15 is 0 Å². The maximum atomic E-state index is 6.17. The molecule has 2 aromatic rings. The normalized spacial score (nSPS) is 12.3. The molecular weight excluding hydrogens is 218 g/mol. The molecule has 18 heavy (non-hydrogen) atoms. The number of nitrogens with two attached hydrogens (primary N) is 1. The van der Waals surface area contributed by atoms with Gasteiger partial charge >= 0.3 is 0 Å². The molecule has 0 radical (unpaired) electrons. The molecule has 0 heterocycles. The predicted octanol–water partition coefficient (Wildman–Crippen LogP) is 4.10. The van der Waals surface area contributed by atoms with Crippen molar-refractivity contribution < 1.29 is 0 Å². The van der Waals surface area contributed by atoms with Gasteiger partial charge in [-0.2, -0.15) is 0 Å². The van der Waals surface area contributed by atoms with E-state index in [9.17, 15) is 0 Å². The van der Waals surface area contributed by atoms with Crippen LogP contribution in [0.5, 0.6) is 0 Å². The standard InChI is InChI=1S/C17H21N/c18-17(16-12-5-2-6-13-16)14-8-7-11-15-9-3-1-4-10-15/h1-6,9-10,12-13,17H,7-8,11,14,18H2/t17-/m0/s1. The van der Waals surface area contributed by atoms with Gasteiger partial charge in [-0.15, -0.1) is 0 Å². The summed E-state index contributed by atoms with van der Waals surface area (Å²) in [6.07, 6.45) is 4.62. The van der Waals surface area contributed by atoms with Crippen molar-refractivity contribution in [1.82, 2.24) is 0 Å². The Kier molecular flexibility index (Phi) is 4.98. The largest absolute Gasteiger partial charge is 0.324 e. The quantitative estimate of drug-likeness (QED) is 0.755. The zero-order valence-corrected chi connectivity index (χ0v) is 10.8. The van der Waals surface area contributed by atoms with Gasteiger partial charge in [-0.1, -0.05) is 67.1 Å². The Labute approximate surface area is 110 Å². The van der Waals surface area contributed by atoms with E-state index in [1.165, 1.54) is 24.0 Å². The van der Waals surface area contributed by atoms with Gasteiger partial charge < -0.3 is 5.73 Å².